The predicted molar refractivity (Wildman–Crippen MR) is 44.0 cm³/mol. The number of carbonyl (C=O) groups excluding carboxylic acids is 1. The Labute approximate surface area is 84.4 Å². The highest BCUT2D eigenvalue weighted by atomic mass is 79.9. The fraction of sp³-hybridized carbons (Fsp3) is 0.750. The third-order valence-corrected chi connectivity index (χ3v) is 1.19. The van der Waals surface area contributed by atoms with Crippen molar-refractivity contribution in [3.63, 3.8) is 0 Å². The molecule has 0 bridgehead atoms. The van der Waals surface area contributed by atoms with Gasteiger partial charge < -0.3 is 26.2 Å². The molecule has 0 heterocycles. The Bertz CT molecular complexity index is 148. The molecule has 0 aliphatic rings. The number of halogens is 1. The molecule has 0 saturated heterocycles. The van der Waals surface area contributed by atoms with Crippen LogP contribution >= 0.6 is 0 Å². The standard InChI is InChI=1S/C8H16NO2.BrH/c1-9(2,3)5-8-11-7-4-6-10;/h4H,5,7-8H2,1-3H3;1H/q+1;/p-1. The zero-order valence-corrected chi connectivity index (χ0v) is 9.43. The highest BCUT2D eigenvalue weighted by Crippen LogP contribution is 1.88. The summed E-state index contributed by atoms with van der Waals surface area (Å²) in [5, 5.41) is 0. The Morgan fingerprint density at radius 3 is 2.42 bits per heavy atom. The Morgan fingerprint density at radius 1 is 1.42 bits per heavy atom. The lowest BCUT2D eigenvalue weighted by Crippen LogP contribution is -3.00. The molecule has 0 amide bonds. The number of likely N-dealkylation sites (N-methyl/N-ethyl adjacent to an activating group) is 1. The molecule has 0 unspecified atom stereocenters. The lowest BCUT2D eigenvalue weighted by Gasteiger charge is -2.23. The minimum absolute atomic E-state index is 0. The maximum Gasteiger partial charge on any atom is 0.122 e. The van der Waals surface area contributed by atoms with Gasteiger partial charge >= 0.3 is 0 Å². The van der Waals surface area contributed by atoms with Crippen LogP contribution in [0.3, 0.4) is 0 Å². The van der Waals surface area contributed by atoms with Crippen molar-refractivity contribution < 1.29 is 31.0 Å². The summed E-state index contributed by atoms with van der Waals surface area (Å²) in [6, 6.07) is 0. The van der Waals surface area contributed by atoms with Gasteiger partial charge in [-0.15, -0.1) is 0 Å². The van der Waals surface area contributed by atoms with Gasteiger partial charge in [0.05, 0.1) is 34.4 Å². The molecule has 0 aromatic rings. The summed E-state index contributed by atoms with van der Waals surface area (Å²) < 4.78 is 6.00. The van der Waals surface area contributed by atoms with Crippen molar-refractivity contribution in [2.75, 3.05) is 40.9 Å². The minimum atomic E-state index is 0. The highest BCUT2D eigenvalue weighted by Gasteiger charge is 2.04. The molecule has 0 N–H and O–H groups in total. The van der Waals surface area contributed by atoms with Gasteiger partial charge in [0.2, 0.25) is 0 Å². The van der Waals surface area contributed by atoms with E-state index in [1.807, 2.05) is 0 Å². The van der Waals surface area contributed by atoms with Crippen LogP contribution in [0.4, 0.5) is 0 Å². The largest absolute Gasteiger partial charge is 1.00 e. The average molecular weight is 238 g/mol. The van der Waals surface area contributed by atoms with Crippen LogP contribution in [0.1, 0.15) is 0 Å². The van der Waals surface area contributed by atoms with Crippen LogP contribution < -0.4 is 17.0 Å². The van der Waals surface area contributed by atoms with E-state index in [0.717, 1.165) is 11.0 Å². The lowest BCUT2D eigenvalue weighted by molar-refractivity contribution is -0.870. The first-order valence-electron chi connectivity index (χ1n) is 3.64. The SMILES string of the molecule is C[N+](C)(C)CCOCC=C=O.[Br-]. The molecular formula is C8H16BrNO2. The lowest BCUT2D eigenvalue weighted by atomic mass is 10.5. The number of quaternary nitrogens is 1. The van der Waals surface area contributed by atoms with E-state index in [0.29, 0.717) is 13.2 Å². The fourth-order valence-electron chi connectivity index (χ4n) is 0.515. The van der Waals surface area contributed by atoms with Gasteiger partial charge in [0, 0.05) is 6.08 Å². The van der Waals surface area contributed by atoms with Crippen LogP contribution in [0.2, 0.25) is 0 Å². The molecule has 0 fully saturated rings. The van der Waals surface area contributed by atoms with E-state index in [1.165, 1.54) is 6.08 Å². The van der Waals surface area contributed by atoms with Gasteiger partial charge in [0.1, 0.15) is 12.5 Å². The first-order valence-corrected chi connectivity index (χ1v) is 3.64. The smallest absolute Gasteiger partial charge is 0.122 e. The zero-order valence-electron chi connectivity index (χ0n) is 7.84. The molecule has 0 rings (SSSR count). The van der Waals surface area contributed by atoms with Crippen molar-refractivity contribution in [2.24, 2.45) is 0 Å². The van der Waals surface area contributed by atoms with Crippen molar-refractivity contribution in [1.82, 2.24) is 0 Å². The molecule has 12 heavy (non-hydrogen) atoms. The maximum absolute atomic E-state index is 9.70. The predicted octanol–water partition coefficient (Wildman–Crippen LogP) is -2.90. The van der Waals surface area contributed by atoms with Gasteiger partial charge in [-0.2, -0.15) is 0 Å². The number of hydrogen-bond acceptors (Lipinski definition) is 2. The molecule has 0 radical (unpaired) electrons. The number of hydrogen-bond donors (Lipinski definition) is 0. The first kappa shape index (κ1) is 14.4. The molecule has 72 valence electrons. The van der Waals surface area contributed by atoms with Crippen molar-refractivity contribution in [3.05, 3.63) is 6.08 Å². The van der Waals surface area contributed by atoms with Crippen LogP contribution in [-0.4, -0.2) is 51.3 Å². The molecule has 0 spiro atoms. The molecule has 0 aromatic heterocycles. The van der Waals surface area contributed by atoms with Crippen LogP contribution in [0.25, 0.3) is 0 Å². The van der Waals surface area contributed by atoms with Gasteiger partial charge in [-0.1, -0.05) is 0 Å². The van der Waals surface area contributed by atoms with Gasteiger partial charge in [0.15, 0.2) is 0 Å². The van der Waals surface area contributed by atoms with Crippen molar-refractivity contribution >= 4 is 5.94 Å². The summed E-state index contributed by atoms with van der Waals surface area (Å²) in [6.07, 6.45) is 1.34. The van der Waals surface area contributed by atoms with E-state index in [2.05, 4.69) is 21.1 Å². The van der Waals surface area contributed by atoms with Crippen LogP contribution in [-0.2, 0) is 9.53 Å². The molecule has 0 atom stereocenters. The molecule has 0 aromatic carbocycles. The molecule has 3 nitrogen and oxygen atoms in total. The van der Waals surface area contributed by atoms with Gasteiger partial charge in [0.25, 0.3) is 0 Å². The Balaban J connectivity index is 0. The van der Waals surface area contributed by atoms with Crippen LogP contribution in [0.15, 0.2) is 6.08 Å². The van der Waals surface area contributed by atoms with Crippen LogP contribution in [0, 0.1) is 0 Å². The third kappa shape index (κ3) is 12.5. The Morgan fingerprint density at radius 2 is 2.00 bits per heavy atom. The molecule has 0 aliphatic carbocycles. The highest BCUT2D eigenvalue weighted by molar-refractivity contribution is 5.44. The van der Waals surface area contributed by atoms with E-state index < -0.39 is 0 Å². The monoisotopic (exact) mass is 237 g/mol. The molecule has 0 aliphatic heterocycles. The topological polar surface area (TPSA) is 26.3 Å². The molecule has 0 saturated carbocycles. The molecule has 4 heteroatoms. The fourth-order valence-corrected chi connectivity index (χ4v) is 0.515. The minimum Gasteiger partial charge on any atom is -1.00 e. The molecular weight excluding hydrogens is 222 g/mol. The number of rotatable bonds is 5. The summed E-state index contributed by atoms with van der Waals surface area (Å²) >= 11 is 0. The van der Waals surface area contributed by atoms with Crippen molar-refractivity contribution in [3.8, 4) is 0 Å². The summed E-state index contributed by atoms with van der Waals surface area (Å²) in [6.45, 7) is 2.01. The third-order valence-electron chi connectivity index (χ3n) is 1.19. The second kappa shape index (κ2) is 7.50. The van der Waals surface area contributed by atoms with Crippen LogP contribution in [0.5, 0.6) is 0 Å². The Hall–Kier alpha value is -0.150. The van der Waals surface area contributed by atoms with E-state index in [4.69, 9.17) is 4.74 Å². The van der Waals surface area contributed by atoms with Gasteiger partial charge in [-0.05, 0) is 0 Å². The number of ether oxygens (including phenoxy) is 1. The Kier molecular flexibility index (Phi) is 8.98. The quantitative estimate of drug-likeness (QED) is 0.292. The normalized spacial score (nSPS) is 9.92. The van der Waals surface area contributed by atoms with Gasteiger partial charge in [-0.25, -0.2) is 4.79 Å². The van der Waals surface area contributed by atoms with Crippen molar-refractivity contribution in [2.45, 2.75) is 0 Å². The summed E-state index contributed by atoms with van der Waals surface area (Å²) in [5.41, 5.74) is 0. The maximum atomic E-state index is 9.70. The van der Waals surface area contributed by atoms with Crippen molar-refractivity contribution in [1.29, 1.82) is 0 Å². The summed E-state index contributed by atoms with van der Waals surface area (Å²) in [4.78, 5) is 9.70. The summed E-state index contributed by atoms with van der Waals surface area (Å²) in [7, 11) is 6.29. The van der Waals surface area contributed by atoms with Gasteiger partial charge in [-0.3, -0.25) is 0 Å². The second-order valence-corrected chi connectivity index (χ2v) is 3.41. The average Bonchev–Trinajstić information content (AvgIpc) is 1.85. The number of nitrogens with zero attached hydrogens (tertiary/aromatic N) is 1. The van der Waals surface area contributed by atoms with E-state index >= 15 is 0 Å². The van der Waals surface area contributed by atoms with E-state index in [9.17, 15) is 4.79 Å². The van der Waals surface area contributed by atoms with E-state index in [1.54, 1.807) is 5.94 Å². The van der Waals surface area contributed by atoms with E-state index in [-0.39, 0.29) is 17.0 Å². The first-order chi connectivity index (χ1) is 5.06. The zero-order chi connectivity index (χ0) is 8.74. The second-order valence-electron chi connectivity index (χ2n) is 3.41. The summed E-state index contributed by atoms with van der Waals surface area (Å²) in [5.74, 6) is 1.66.